The molecule has 2 heterocycles. The molecule has 0 aliphatic rings. The number of ether oxygens (including phenoxy) is 1. The summed E-state index contributed by atoms with van der Waals surface area (Å²) in [4.78, 5) is 23.4. The van der Waals surface area contributed by atoms with Crippen LogP contribution < -0.4 is 5.32 Å². The van der Waals surface area contributed by atoms with E-state index in [1.54, 1.807) is 31.2 Å². The first-order valence-electron chi connectivity index (χ1n) is 6.80. The van der Waals surface area contributed by atoms with Crippen molar-refractivity contribution >= 4 is 18.0 Å². The molecule has 116 valence electrons. The van der Waals surface area contributed by atoms with E-state index in [2.05, 4.69) is 5.32 Å². The maximum Gasteiger partial charge on any atom is 0.331 e. The quantitative estimate of drug-likeness (QED) is 0.654. The van der Waals surface area contributed by atoms with Crippen molar-refractivity contribution in [1.82, 2.24) is 5.32 Å². The van der Waals surface area contributed by atoms with E-state index in [1.165, 1.54) is 25.3 Å². The van der Waals surface area contributed by atoms with Crippen molar-refractivity contribution in [1.29, 1.82) is 0 Å². The lowest BCUT2D eigenvalue weighted by Gasteiger charge is -2.11. The second kappa shape index (κ2) is 7.31. The summed E-state index contributed by atoms with van der Waals surface area (Å²) in [5, 5.41) is 2.61. The minimum absolute atomic E-state index is 0.245. The number of carbonyl (C=O) groups excluding carboxylic acids is 2. The fourth-order valence-corrected chi connectivity index (χ4v) is 1.69. The Morgan fingerprint density at radius 3 is 2.82 bits per heavy atom. The minimum atomic E-state index is -0.898. The molecule has 1 amide bonds. The first-order valence-corrected chi connectivity index (χ1v) is 6.80. The molecule has 1 unspecified atom stereocenters. The summed E-state index contributed by atoms with van der Waals surface area (Å²) in [6.45, 7) is 3.55. The monoisotopic (exact) mass is 303 g/mol. The molecular formula is C16H17NO5. The average molecular weight is 303 g/mol. The molecule has 0 saturated carbocycles. The van der Waals surface area contributed by atoms with Gasteiger partial charge in [0.15, 0.2) is 6.10 Å². The molecule has 6 heteroatoms. The van der Waals surface area contributed by atoms with E-state index in [1.807, 2.05) is 0 Å². The van der Waals surface area contributed by atoms with Crippen molar-refractivity contribution in [2.24, 2.45) is 0 Å². The molecule has 0 bridgehead atoms. The van der Waals surface area contributed by atoms with Gasteiger partial charge in [0.2, 0.25) is 0 Å². The van der Waals surface area contributed by atoms with Gasteiger partial charge in [-0.2, -0.15) is 0 Å². The fourth-order valence-electron chi connectivity index (χ4n) is 1.69. The van der Waals surface area contributed by atoms with E-state index in [0.29, 0.717) is 11.5 Å². The van der Waals surface area contributed by atoms with E-state index in [4.69, 9.17) is 13.6 Å². The molecule has 0 fully saturated rings. The van der Waals surface area contributed by atoms with Crippen molar-refractivity contribution < 1.29 is 23.2 Å². The van der Waals surface area contributed by atoms with Crippen molar-refractivity contribution in [2.75, 3.05) is 0 Å². The van der Waals surface area contributed by atoms with E-state index < -0.39 is 18.0 Å². The highest BCUT2D eigenvalue weighted by atomic mass is 16.5. The first kappa shape index (κ1) is 15.6. The van der Waals surface area contributed by atoms with Crippen LogP contribution in [0.15, 0.2) is 45.4 Å². The highest BCUT2D eigenvalue weighted by molar-refractivity contribution is 5.90. The Morgan fingerprint density at radius 2 is 2.18 bits per heavy atom. The summed E-state index contributed by atoms with van der Waals surface area (Å²) in [6, 6.07) is 6.99. The second-order valence-corrected chi connectivity index (χ2v) is 4.66. The third-order valence-electron chi connectivity index (χ3n) is 2.82. The smallest absolute Gasteiger partial charge is 0.331 e. The number of rotatable bonds is 6. The zero-order chi connectivity index (χ0) is 15.9. The Bertz CT molecular complexity index is 654. The van der Waals surface area contributed by atoms with Crippen LogP contribution in [-0.4, -0.2) is 18.0 Å². The third-order valence-corrected chi connectivity index (χ3v) is 2.82. The van der Waals surface area contributed by atoms with Crippen LogP contribution in [0, 0.1) is 6.92 Å². The minimum Gasteiger partial charge on any atom is -0.467 e. The zero-order valence-corrected chi connectivity index (χ0v) is 12.4. The van der Waals surface area contributed by atoms with Gasteiger partial charge in [0.05, 0.1) is 12.8 Å². The summed E-state index contributed by atoms with van der Waals surface area (Å²) in [6.07, 6.45) is 3.33. The first-order chi connectivity index (χ1) is 10.5. The van der Waals surface area contributed by atoms with Crippen LogP contribution in [0.4, 0.5) is 0 Å². The molecule has 2 aromatic rings. The van der Waals surface area contributed by atoms with Crippen molar-refractivity contribution in [3.05, 3.63) is 53.9 Å². The topological polar surface area (TPSA) is 81.7 Å². The van der Waals surface area contributed by atoms with Gasteiger partial charge in [0, 0.05) is 6.08 Å². The molecule has 0 radical (unpaired) electrons. The van der Waals surface area contributed by atoms with Crippen LogP contribution in [0.25, 0.3) is 6.08 Å². The lowest BCUT2D eigenvalue weighted by atomic mass is 10.3. The summed E-state index contributed by atoms with van der Waals surface area (Å²) in [5.74, 6) is 0.907. The molecular weight excluding hydrogens is 286 g/mol. The predicted molar refractivity (Wildman–Crippen MR) is 78.6 cm³/mol. The molecule has 0 saturated heterocycles. The van der Waals surface area contributed by atoms with Gasteiger partial charge >= 0.3 is 5.97 Å². The maximum absolute atomic E-state index is 11.8. The van der Waals surface area contributed by atoms with Gasteiger partial charge in [0.25, 0.3) is 5.91 Å². The van der Waals surface area contributed by atoms with Crippen molar-refractivity contribution in [2.45, 2.75) is 26.5 Å². The highest BCUT2D eigenvalue weighted by Gasteiger charge is 2.16. The Morgan fingerprint density at radius 1 is 1.36 bits per heavy atom. The number of carbonyl (C=O) groups is 2. The Balaban J connectivity index is 1.77. The number of furan rings is 2. The molecule has 6 nitrogen and oxygen atoms in total. The van der Waals surface area contributed by atoms with Gasteiger partial charge in [-0.3, -0.25) is 4.79 Å². The Kier molecular flexibility index (Phi) is 5.19. The molecule has 0 aliphatic carbocycles. The maximum atomic E-state index is 11.8. The van der Waals surface area contributed by atoms with Crippen LogP contribution in [-0.2, 0) is 20.9 Å². The van der Waals surface area contributed by atoms with E-state index in [9.17, 15) is 9.59 Å². The number of amides is 1. The molecule has 22 heavy (non-hydrogen) atoms. The van der Waals surface area contributed by atoms with Gasteiger partial charge in [-0.15, -0.1) is 0 Å². The van der Waals surface area contributed by atoms with Crippen LogP contribution in [0.1, 0.15) is 24.2 Å². The Hall–Kier alpha value is -2.76. The standard InChI is InChI=1S/C16H17NO5/c1-11-5-6-13(21-11)7-8-15(18)22-12(2)16(19)17-10-14-4-3-9-20-14/h3-9,12H,10H2,1-2H3,(H,17,19)/b8-7+. The second-order valence-electron chi connectivity index (χ2n) is 4.66. The molecule has 0 spiro atoms. The summed E-state index contributed by atoms with van der Waals surface area (Å²) >= 11 is 0. The van der Waals surface area contributed by atoms with Crippen molar-refractivity contribution in [3.8, 4) is 0 Å². The normalized spacial score (nSPS) is 12.3. The van der Waals surface area contributed by atoms with Crippen LogP contribution in [0.3, 0.4) is 0 Å². The number of nitrogens with one attached hydrogen (secondary N) is 1. The SMILES string of the molecule is Cc1ccc(/C=C/C(=O)OC(C)C(=O)NCc2ccco2)o1. The summed E-state index contributed by atoms with van der Waals surface area (Å²) in [5.41, 5.74) is 0. The predicted octanol–water partition coefficient (Wildman–Crippen LogP) is 2.44. The number of esters is 1. The number of hydrogen-bond acceptors (Lipinski definition) is 5. The fraction of sp³-hybridized carbons (Fsp3) is 0.250. The van der Waals surface area contributed by atoms with Crippen molar-refractivity contribution in [3.63, 3.8) is 0 Å². The van der Waals surface area contributed by atoms with E-state index in [-0.39, 0.29) is 6.54 Å². The Labute approximate surface area is 127 Å². The van der Waals surface area contributed by atoms with Gasteiger partial charge in [-0.05, 0) is 44.2 Å². The van der Waals surface area contributed by atoms with Crippen LogP contribution >= 0.6 is 0 Å². The molecule has 1 atom stereocenters. The van der Waals surface area contributed by atoms with E-state index >= 15 is 0 Å². The molecule has 2 aromatic heterocycles. The van der Waals surface area contributed by atoms with Gasteiger partial charge in [0.1, 0.15) is 17.3 Å². The van der Waals surface area contributed by atoms with Crippen LogP contribution in [0.2, 0.25) is 0 Å². The third kappa shape index (κ3) is 4.66. The molecule has 2 rings (SSSR count). The summed E-state index contributed by atoms with van der Waals surface area (Å²) < 4.78 is 15.4. The average Bonchev–Trinajstić information content (AvgIpc) is 3.14. The van der Waals surface area contributed by atoms with Gasteiger partial charge in [-0.1, -0.05) is 0 Å². The zero-order valence-electron chi connectivity index (χ0n) is 12.4. The lowest BCUT2D eigenvalue weighted by molar-refractivity contribution is -0.150. The molecule has 0 aromatic carbocycles. The summed E-state index contributed by atoms with van der Waals surface area (Å²) in [7, 11) is 0. The lowest BCUT2D eigenvalue weighted by Crippen LogP contribution is -2.35. The van der Waals surface area contributed by atoms with Crippen LogP contribution in [0.5, 0.6) is 0 Å². The van der Waals surface area contributed by atoms with Gasteiger partial charge < -0.3 is 18.9 Å². The number of hydrogen-bond donors (Lipinski definition) is 1. The van der Waals surface area contributed by atoms with E-state index in [0.717, 1.165) is 5.76 Å². The number of aryl methyl sites for hydroxylation is 1. The largest absolute Gasteiger partial charge is 0.467 e. The molecule has 0 aliphatic heterocycles. The van der Waals surface area contributed by atoms with Gasteiger partial charge in [-0.25, -0.2) is 4.79 Å². The molecule has 1 N–H and O–H groups in total. The highest BCUT2D eigenvalue weighted by Crippen LogP contribution is 2.08.